The molecule has 0 fully saturated rings. The molecule has 0 spiro atoms. The van der Waals surface area contributed by atoms with E-state index >= 15 is 0 Å². The predicted octanol–water partition coefficient (Wildman–Crippen LogP) is 4.44. The van der Waals surface area contributed by atoms with Gasteiger partial charge in [0.25, 0.3) is 0 Å². The Hall–Kier alpha value is -0.520. The van der Waals surface area contributed by atoms with Gasteiger partial charge in [0.15, 0.2) is 0 Å². The van der Waals surface area contributed by atoms with Gasteiger partial charge in [-0.1, -0.05) is 37.1 Å². The van der Waals surface area contributed by atoms with E-state index in [9.17, 15) is 0 Å². The molecule has 0 nitrogen and oxygen atoms in total. The minimum atomic E-state index is 1.17. The molecule has 0 aromatic rings. The number of rotatable bonds is 0. The Morgan fingerprint density at radius 3 is 2.15 bits per heavy atom. The van der Waals surface area contributed by atoms with Gasteiger partial charge in [-0.25, -0.2) is 0 Å². The Morgan fingerprint density at radius 1 is 0.538 bits per heavy atom. The van der Waals surface area contributed by atoms with Crippen molar-refractivity contribution in [2.45, 2.75) is 51.4 Å². The van der Waals surface area contributed by atoms with Crippen LogP contribution in [0.1, 0.15) is 51.4 Å². The molecule has 0 aliphatic heterocycles. The minimum absolute atomic E-state index is 1.17. The van der Waals surface area contributed by atoms with Crippen LogP contribution in [0.15, 0.2) is 24.3 Å². The van der Waals surface area contributed by atoms with Gasteiger partial charge in [-0.15, -0.1) is 0 Å². The Morgan fingerprint density at radius 2 is 1.23 bits per heavy atom. The number of allylic oxidation sites excluding steroid dienone is 4. The molecule has 0 aromatic carbocycles. The lowest BCUT2D eigenvalue weighted by atomic mass is 10.1. The Kier molecular flexibility index (Phi) is 6.58. The van der Waals surface area contributed by atoms with Gasteiger partial charge < -0.3 is 0 Å². The smallest absolute Gasteiger partial charge is 0.0316 e. The van der Waals surface area contributed by atoms with Crippen molar-refractivity contribution in [3.63, 3.8) is 0 Å². The first kappa shape index (κ1) is 10.6. The zero-order valence-electron chi connectivity index (χ0n) is 8.54. The van der Waals surface area contributed by atoms with Crippen molar-refractivity contribution in [1.82, 2.24) is 0 Å². The fraction of sp³-hybridized carbons (Fsp3) is 0.615. The van der Waals surface area contributed by atoms with Crippen molar-refractivity contribution in [1.29, 1.82) is 0 Å². The molecule has 0 aromatic heterocycles. The molecule has 0 heteroatoms. The van der Waals surface area contributed by atoms with Crippen LogP contribution in [0.25, 0.3) is 0 Å². The van der Waals surface area contributed by atoms with E-state index in [-0.39, 0.29) is 0 Å². The molecule has 0 atom stereocenters. The second kappa shape index (κ2) is 8.10. The van der Waals surface area contributed by atoms with Gasteiger partial charge >= 0.3 is 0 Å². The highest BCUT2D eigenvalue weighted by Crippen LogP contribution is 2.09. The second-order valence-electron chi connectivity index (χ2n) is 3.68. The molecule has 13 heavy (non-hydrogen) atoms. The summed E-state index contributed by atoms with van der Waals surface area (Å²) < 4.78 is 0. The third-order valence-corrected chi connectivity index (χ3v) is 2.42. The topological polar surface area (TPSA) is 0 Å². The van der Waals surface area contributed by atoms with E-state index in [0.717, 1.165) is 0 Å². The third kappa shape index (κ3) is 6.62. The van der Waals surface area contributed by atoms with E-state index in [4.69, 9.17) is 0 Å². The van der Waals surface area contributed by atoms with Crippen LogP contribution < -0.4 is 0 Å². The van der Waals surface area contributed by atoms with Crippen LogP contribution >= 0.6 is 0 Å². The average molecular weight is 177 g/mol. The highest BCUT2D eigenvalue weighted by Gasteiger charge is 1.90. The second-order valence-corrected chi connectivity index (χ2v) is 3.68. The summed E-state index contributed by atoms with van der Waals surface area (Å²) in [6.07, 6.45) is 22.0. The maximum absolute atomic E-state index is 2.40. The molecular formula is C13H21. The van der Waals surface area contributed by atoms with Crippen LogP contribution in [0.4, 0.5) is 0 Å². The number of hydrogen-bond acceptors (Lipinski definition) is 0. The fourth-order valence-electron chi connectivity index (χ4n) is 1.58. The van der Waals surface area contributed by atoms with Crippen molar-refractivity contribution in [2.24, 2.45) is 0 Å². The maximum Gasteiger partial charge on any atom is -0.0316 e. The lowest BCUT2D eigenvalue weighted by Crippen LogP contribution is -1.78. The van der Waals surface area contributed by atoms with Crippen LogP contribution in [0, 0.1) is 6.42 Å². The molecule has 73 valence electrons. The largest absolute Gasteiger partial charge is 0.0885 e. The summed E-state index contributed by atoms with van der Waals surface area (Å²) in [6.45, 7) is 0. The maximum atomic E-state index is 2.40. The lowest BCUT2D eigenvalue weighted by molar-refractivity contribution is 0.676. The molecule has 0 saturated heterocycles. The highest BCUT2D eigenvalue weighted by molar-refractivity contribution is 4.91. The molecule has 1 radical (unpaired) electrons. The van der Waals surface area contributed by atoms with E-state index in [1.807, 2.05) is 0 Å². The normalized spacial score (nSPS) is 21.5. The summed E-state index contributed by atoms with van der Waals surface area (Å²) in [7, 11) is 0. The summed E-state index contributed by atoms with van der Waals surface area (Å²) in [4.78, 5) is 0. The zero-order chi connectivity index (χ0) is 9.19. The molecule has 1 rings (SSSR count). The molecule has 0 saturated carbocycles. The van der Waals surface area contributed by atoms with Gasteiger partial charge in [-0.05, 0) is 44.9 Å². The Bertz CT molecular complexity index is 135. The van der Waals surface area contributed by atoms with E-state index in [1.165, 1.54) is 51.4 Å². The summed E-state index contributed by atoms with van der Waals surface area (Å²) in [5.74, 6) is 0. The first-order valence-electron chi connectivity index (χ1n) is 5.62. The molecule has 0 N–H and O–H groups in total. The van der Waals surface area contributed by atoms with Crippen molar-refractivity contribution >= 4 is 0 Å². The van der Waals surface area contributed by atoms with Gasteiger partial charge in [0.05, 0.1) is 0 Å². The van der Waals surface area contributed by atoms with E-state index < -0.39 is 0 Å². The monoisotopic (exact) mass is 177 g/mol. The summed E-state index contributed by atoms with van der Waals surface area (Å²) >= 11 is 0. The van der Waals surface area contributed by atoms with Crippen LogP contribution in [0.5, 0.6) is 0 Å². The Balaban J connectivity index is 2.18. The van der Waals surface area contributed by atoms with Gasteiger partial charge in [-0.3, -0.25) is 0 Å². The van der Waals surface area contributed by atoms with E-state index in [1.54, 1.807) is 0 Å². The third-order valence-electron chi connectivity index (χ3n) is 2.42. The average Bonchev–Trinajstić information content (AvgIpc) is 2.18. The van der Waals surface area contributed by atoms with Crippen molar-refractivity contribution in [3.8, 4) is 0 Å². The summed E-state index contributed by atoms with van der Waals surface area (Å²) in [6, 6.07) is 0. The lowest BCUT2D eigenvalue weighted by Gasteiger charge is -1.97. The first-order valence-corrected chi connectivity index (χ1v) is 5.62. The molecule has 0 bridgehead atoms. The standard InChI is InChI=1S/C13H21/c1-2-4-6-8-10-12-13-11-9-7-5-3-1/h1-2,5,8,10H,3-4,6-7,9,11-13H2. The van der Waals surface area contributed by atoms with Crippen LogP contribution in [-0.2, 0) is 0 Å². The molecular weight excluding hydrogens is 156 g/mol. The van der Waals surface area contributed by atoms with Crippen LogP contribution in [0.3, 0.4) is 0 Å². The molecule has 0 heterocycles. The first-order chi connectivity index (χ1) is 6.50. The Labute approximate surface area is 82.7 Å². The van der Waals surface area contributed by atoms with Gasteiger partial charge in [0.2, 0.25) is 0 Å². The van der Waals surface area contributed by atoms with Crippen molar-refractivity contribution < 1.29 is 0 Å². The van der Waals surface area contributed by atoms with Crippen molar-refractivity contribution in [2.75, 3.05) is 0 Å². The highest BCUT2D eigenvalue weighted by atomic mass is 14.0. The zero-order valence-corrected chi connectivity index (χ0v) is 8.54. The van der Waals surface area contributed by atoms with Crippen LogP contribution in [-0.4, -0.2) is 0 Å². The quantitative estimate of drug-likeness (QED) is 0.480. The summed E-state index contributed by atoms with van der Waals surface area (Å²) in [5, 5.41) is 0. The van der Waals surface area contributed by atoms with Crippen LogP contribution in [0.2, 0.25) is 0 Å². The summed E-state index contributed by atoms with van der Waals surface area (Å²) in [5.41, 5.74) is 0. The molecule has 1 aliphatic rings. The predicted molar refractivity (Wildman–Crippen MR) is 59.5 cm³/mol. The van der Waals surface area contributed by atoms with E-state index in [0.29, 0.717) is 0 Å². The molecule has 0 unspecified atom stereocenters. The molecule has 1 aliphatic carbocycles. The van der Waals surface area contributed by atoms with Crippen molar-refractivity contribution in [3.05, 3.63) is 30.7 Å². The van der Waals surface area contributed by atoms with Gasteiger partial charge in [0.1, 0.15) is 0 Å². The van der Waals surface area contributed by atoms with Gasteiger partial charge in [-0.2, -0.15) is 0 Å². The fourth-order valence-corrected chi connectivity index (χ4v) is 1.58. The SMILES string of the molecule is [CH]1CC=CCCC=CCCCCC1. The van der Waals surface area contributed by atoms with E-state index in [2.05, 4.69) is 30.7 Å². The number of hydrogen-bond donors (Lipinski definition) is 0. The molecule has 0 amide bonds. The van der Waals surface area contributed by atoms with Gasteiger partial charge in [0, 0.05) is 0 Å². The minimum Gasteiger partial charge on any atom is -0.0885 e.